The average molecular weight is 188 g/mol. The van der Waals surface area contributed by atoms with Crippen LogP contribution in [0.15, 0.2) is 0 Å². The lowest BCUT2D eigenvalue weighted by molar-refractivity contribution is -0.919. The second kappa shape index (κ2) is 4.94. The number of hydrogen-bond acceptors (Lipinski definition) is 2. The second-order valence-corrected chi connectivity index (χ2v) is 4.19. The number of quaternary nitrogens is 1. The Labute approximate surface area is 80.6 Å². The third kappa shape index (κ3) is 2.93. The Morgan fingerprint density at radius 2 is 1.92 bits per heavy atom. The second-order valence-electron chi connectivity index (χ2n) is 4.19. The van der Waals surface area contributed by atoms with Crippen LogP contribution < -0.4 is 0 Å². The van der Waals surface area contributed by atoms with Gasteiger partial charge in [0.2, 0.25) is 0 Å². The highest BCUT2D eigenvalue weighted by Gasteiger charge is 2.32. The summed E-state index contributed by atoms with van der Waals surface area (Å²) in [5.41, 5.74) is 0. The summed E-state index contributed by atoms with van der Waals surface area (Å²) in [4.78, 5) is 0. The predicted molar refractivity (Wildman–Crippen MR) is 52.3 cm³/mol. The molecule has 78 valence electrons. The van der Waals surface area contributed by atoms with E-state index in [9.17, 15) is 5.11 Å². The van der Waals surface area contributed by atoms with E-state index >= 15 is 0 Å². The van der Waals surface area contributed by atoms with Gasteiger partial charge in [-0.15, -0.1) is 0 Å². The molecule has 1 fully saturated rings. The van der Waals surface area contributed by atoms with Crippen molar-refractivity contribution < 1.29 is 14.7 Å². The van der Waals surface area contributed by atoms with E-state index in [4.69, 9.17) is 5.11 Å². The van der Waals surface area contributed by atoms with E-state index in [1.54, 1.807) is 0 Å². The highest BCUT2D eigenvalue weighted by molar-refractivity contribution is 4.59. The van der Waals surface area contributed by atoms with Gasteiger partial charge in [0.1, 0.15) is 19.2 Å². The minimum absolute atomic E-state index is 0.190. The Morgan fingerprint density at radius 3 is 2.38 bits per heavy atom. The molecule has 0 spiro atoms. The molecular weight excluding hydrogens is 166 g/mol. The van der Waals surface area contributed by atoms with Gasteiger partial charge in [-0.05, 0) is 6.42 Å². The lowest BCUT2D eigenvalue weighted by Crippen LogP contribution is -2.51. The van der Waals surface area contributed by atoms with Gasteiger partial charge in [-0.2, -0.15) is 0 Å². The Kier molecular flexibility index (Phi) is 4.16. The number of rotatable bonds is 5. The smallest absolute Gasteiger partial charge is 0.105 e. The molecule has 1 atom stereocenters. The molecule has 13 heavy (non-hydrogen) atoms. The van der Waals surface area contributed by atoms with E-state index in [1.807, 2.05) is 6.92 Å². The van der Waals surface area contributed by atoms with E-state index < -0.39 is 0 Å². The van der Waals surface area contributed by atoms with Crippen LogP contribution in [-0.4, -0.2) is 53.6 Å². The van der Waals surface area contributed by atoms with E-state index in [0.29, 0.717) is 0 Å². The van der Waals surface area contributed by atoms with Crippen molar-refractivity contribution in [2.75, 3.05) is 32.8 Å². The van der Waals surface area contributed by atoms with Crippen LogP contribution in [0.25, 0.3) is 0 Å². The predicted octanol–water partition coefficient (Wildman–Crippen LogP) is 0.360. The topological polar surface area (TPSA) is 40.5 Å². The van der Waals surface area contributed by atoms with Gasteiger partial charge in [0, 0.05) is 12.8 Å². The normalized spacial score (nSPS) is 23.3. The fraction of sp³-hybridized carbons (Fsp3) is 1.00. The van der Waals surface area contributed by atoms with Gasteiger partial charge in [0.25, 0.3) is 0 Å². The third-order valence-electron chi connectivity index (χ3n) is 3.16. The first-order chi connectivity index (χ1) is 6.22. The minimum atomic E-state index is -0.190. The number of aliphatic hydroxyl groups is 2. The van der Waals surface area contributed by atoms with Crippen LogP contribution in [0.2, 0.25) is 0 Å². The summed E-state index contributed by atoms with van der Waals surface area (Å²) in [6.45, 7) is 6.18. The summed E-state index contributed by atoms with van der Waals surface area (Å²) >= 11 is 0. The molecule has 0 aliphatic carbocycles. The van der Waals surface area contributed by atoms with Crippen molar-refractivity contribution in [1.29, 1.82) is 0 Å². The highest BCUT2D eigenvalue weighted by Crippen LogP contribution is 2.20. The van der Waals surface area contributed by atoms with Gasteiger partial charge in [-0.25, -0.2) is 0 Å². The zero-order valence-corrected chi connectivity index (χ0v) is 8.58. The zero-order chi connectivity index (χ0) is 9.73. The van der Waals surface area contributed by atoms with Crippen LogP contribution in [0.1, 0.15) is 26.2 Å². The van der Waals surface area contributed by atoms with Gasteiger partial charge in [-0.1, -0.05) is 6.92 Å². The maximum Gasteiger partial charge on any atom is 0.105 e. The molecule has 1 aliphatic rings. The van der Waals surface area contributed by atoms with Gasteiger partial charge in [0.15, 0.2) is 0 Å². The first kappa shape index (κ1) is 11.0. The SMILES string of the molecule is CCC(O)C[N+]1(CCO)CCCC1. The monoisotopic (exact) mass is 188 g/mol. The molecule has 1 rings (SSSR count). The van der Waals surface area contributed by atoms with Gasteiger partial charge in [-0.3, -0.25) is 0 Å². The summed E-state index contributed by atoms with van der Waals surface area (Å²) in [5, 5.41) is 18.6. The molecule has 0 saturated carbocycles. The van der Waals surface area contributed by atoms with Crippen LogP contribution >= 0.6 is 0 Å². The highest BCUT2D eigenvalue weighted by atomic mass is 16.3. The first-order valence-electron chi connectivity index (χ1n) is 5.36. The number of nitrogens with zero attached hydrogens (tertiary/aromatic N) is 1. The Morgan fingerprint density at radius 1 is 1.31 bits per heavy atom. The van der Waals surface area contributed by atoms with Crippen LogP contribution in [0.3, 0.4) is 0 Å². The Hall–Kier alpha value is -0.120. The fourth-order valence-electron chi connectivity index (χ4n) is 2.29. The molecule has 2 N–H and O–H groups in total. The molecule has 0 aromatic heterocycles. The molecule has 1 unspecified atom stereocenters. The van der Waals surface area contributed by atoms with Crippen LogP contribution in [0, 0.1) is 0 Å². The fourth-order valence-corrected chi connectivity index (χ4v) is 2.29. The summed E-state index contributed by atoms with van der Waals surface area (Å²) < 4.78 is 0.936. The maximum absolute atomic E-state index is 9.61. The molecule has 1 saturated heterocycles. The summed E-state index contributed by atoms with van der Waals surface area (Å²) in [5.74, 6) is 0. The van der Waals surface area contributed by atoms with Crippen LogP contribution in [-0.2, 0) is 0 Å². The molecule has 0 radical (unpaired) electrons. The van der Waals surface area contributed by atoms with Crippen molar-refractivity contribution >= 4 is 0 Å². The van der Waals surface area contributed by atoms with Gasteiger partial charge >= 0.3 is 0 Å². The minimum Gasteiger partial charge on any atom is -0.391 e. The van der Waals surface area contributed by atoms with Crippen molar-refractivity contribution in [3.8, 4) is 0 Å². The van der Waals surface area contributed by atoms with E-state index in [2.05, 4.69) is 0 Å². The number of likely N-dealkylation sites (tertiary alicyclic amines) is 1. The largest absolute Gasteiger partial charge is 0.391 e. The van der Waals surface area contributed by atoms with Crippen molar-refractivity contribution in [2.45, 2.75) is 32.3 Å². The summed E-state index contributed by atoms with van der Waals surface area (Å²) in [6.07, 6.45) is 3.13. The molecule has 1 aliphatic heterocycles. The quantitative estimate of drug-likeness (QED) is 0.612. The molecule has 0 aromatic carbocycles. The average Bonchev–Trinajstić information content (AvgIpc) is 2.54. The molecule has 0 bridgehead atoms. The van der Waals surface area contributed by atoms with E-state index in [1.165, 1.54) is 12.8 Å². The molecule has 0 amide bonds. The molecular formula is C10H22NO2+. The Bertz CT molecular complexity index is 144. The van der Waals surface area contributed by atoms with E-state index in [0.717, 1.165) is 37.1 Å². The van der Waals surface area contributed by atoms with Crippen LogP contribution in [0.4, 0.5) is 0 Å². The summed E-state index contributed by atoms with van der Waals surface area (Å²) in [7, 11) is 0. The number of hydrogen-bond donors (Lipinski definition) is 2. The number of aliphatic hydroxyl groups excluding tert-OH is 2. The zero-order valence-electron chi connectivity index (χ0n) is 8.58. The lowest BCUT2D eigenvalue weighted by Gasteiger charge is -2.35. The standard InChI is InChI=1S/C10H22NO2/c1-2-10(13)9-11(7-8-12)5-3-4-6-11/h10,12-13H,2-9H2,1H3/q+1. The van der Waals surface area contributed by atoms with Crippen LogP contribution in [0.5, 0.6) is 0 Å². The lowest BCUT2D eigenvalue weighted by atomic mass is 10.2. The maximum atomic E-state index is 9.61. The third-order valence-corrected chi connectivity index (χ3v) is 3.16. The molecule has 0 aromatic rings. The Balaban J connectivity index is 2.46. The van der Waals surface area contributed by atoms with Gasteiger partial charge in [0.05, 0.1) is 19.7 Å². The van der Waals surface area contributed by atoms with Crippen molar-refractivity contribution in [3.05, 3.63) is 0 Å². The van der Waals surface area contributed by atoms with Crippen molar-refractivity contribution in [1.82, 2.24) is 0 Å². The molecule has 1 heterocycles. The van der Waals surface area contributed by atoms with E-state index in [-0.39, 0.29) is 12.7 Å². The van der Waals surface area contributed by atoms with Gasteiger partial charge < -0.3 is 14.7 Å². The van der Waals surface area contributed by atoms with Crippen molar-refractivity contribution in [2.24, 2.45) is 0 Å². The first-order valence-corrected chi connectivity index (χ1v) is 5.36. The molecule has 3 heteroatoms. The van der Waals surface area contributed by atoms with Crippen molar-refractivity contribution in [3.63, 3.8) is 0 Å². The summed E-state index contributed by atoms with van der Waals surface area (Å²) in [6, 6.07) is 0. The molecule has 3 nitrogen and oxygen atoms in total.